The van der Waals surface area contributed by atoms with Crippen LogP contribution in [-0.4, -0.2) is 72.4 Å². The Labute approximate surface area is 225 Å². The van der Waals surface area contributed by atoms with Gasteiger partial charge in [-0.3, -0.25) is 14.3 Å². The average Bonchev–Trinajstić information content (AvgIpc) is 3.30. The molecule has 202 valence electrons. The lowest BCUT2D eigenvalue weighted by atomic mass is 9.88. The number of nitrogens with zero attached hydrogens (tertiary/aromatic N) is 5. The predicted octanol–water partition coefficient (Wildman–Crippen LogP) is 2.78. The van der Waals surface area contributed by atoms with Gasteiger partial charge in [-0.1, -0.05) is 23.7 Å². The molecule has 1 aromatic carbocycles. The van der Waals surface area contributed by atoms with Gasteiger partial charge in [-0.2, -0.15) is 14.9 Å². The minimum atomic E-state index is -1.01. The van der Waals surface area contributed by atoms with Gasteiger partial charge >= 0.3 is 6.09 Å². The molecule has 0 aliphatic carbocycles. The molecule has 1 saturated heterocycles. The number of carbonyl (C=O) groups is 2. The van der Waals surface area contributed by atoms with Crippen LogP contribution in [0.25, 0.3) is 16.9 Å². The number of aromatic nitrogens is 4. The number of amides is 2. The molecule has 11 nitrogen and oxygen atoms in total. The molecule has 0 bridgehead atoms. The number of aliphatic hydroxyl groups is 1. The fourth-order valence-electron chi connectivity index (χ4n) is 4.19. The van der Waals surface area contributed by atoms with E-state index in [4.69, 9.17) is 16.3 Å². The number of hydrogen-bond acceptors (Lipinski definition) is 7. The van der Waals surface area contributed by atoms with Crippen molar-refractivity contribution in [1.29, 1.82) is 0 Å². The molecule has 4 rings (SSSR count). The van der Waals surface area contributed by atoms with Crippen molar-refractivity contribution in [3.05, 3.63) is 63.7 Å². The topological polar surface area (TPSA) is 132 Å². The fraction of sp³-hybridized carbons (Fsp3) is 0.423. The number of likely N-dealkylation sites (tertiary alicyclic amines) is 1. The molecule has 2 aromatic heterocycles. The summed E-state index contributed by atoms with van der Waals surface area (Å²) in [4.78, 5) is 40.9. The lowest BCUT2D eigenvalue weighted by Gasteiger charge is -2.41. The normalized spacial score (nSPS) is 15.3. The summed E-state index contributed by atoms with van der Waals surface area (Å²) in [6.07, 6.45) is 3.23. The molecule has 3 aromatic rings. The van der Waals surface area contributed by atoms with E-state index in [1.807, 2.05) is 0 Å². The zero-order valence-corrected chi connectivity index (χ0v) is 22.5. The highest BCUT2D eigenvalue weighted by atomic mass is 35.5. The van der Waals surface area contributed by atoms with E-state index < -0.39 is 28.7 Å². The summed E-state index contributed by atoms with van der Waals surface area (Å²) in [6.45, 7) is 5.58. The molecule has 0 atom stereocenters. The maximum Gasteiger partial charge on any atom is 0.410 e. The minimum Gasteiger partial charge on any atom is -0.444 e. The largest absolute Gasteiger partial charge is 0.444 e. The predicted molar refractivity (Wildman–Crippen MR) is 141 cm³/mol. The van der Waals surface area contributed by atoms with Crippen LogP contribution in [0.5, 0.6) is 0 Å². The van der Waals surface area contributed by atoms with E-state index in [1.165, 1.54) is 16.9 Å². The second kappa shape index (κ2) is 10.6. The van der Waals surface area contributed by atoms with Crippen LogP contribution in [0.4, 0.5) is 4.79 Å². The first-order valence-electron chi connectivity index (χ1n) is 12.2. The molecule has 2 N–H and O–H groups in total. The molecular formula is C26H31ClN6O5. The second-order valence-electron chi connectivity index (χ2n) is 10.4. The van der Waals surface area contributed by atoms with Gasteiger partial charge in [0.15, 0.2) is 0 Å². The monoisotopic (exact) mass is 542 g/mol. The van der Waals surface area contributed by atoms with Crippen molar-refractivity contribution in [3.8, 4) is 16.9 Å². The molecule has 0 spiro atoms. The number of nitrogens with one attached hydrogen (secondary N) is 1. The van der Waals surface area contributed by atoms with Crippen molar-refractivity contribution < 1.29 is 19.4 Å². The van der Waals surface area contributed by atoms with Crippen molar-refractivity contribution in [2.75, 3.05) is 19.7 Å². The SMILES string of the molecule is Cn1cc(-n2nc(-c3ccc(Cl)cc3)cc(C(=O)NC3(CO)CCN(C(=O)OC(C)(C)C)CC3)c2=O)cn1. The van der Waals surface area contributed by atoms with Crippen molar-refractivity contribution in [2.45, 2.75) is 44.8 Å². The van der Waals surface area contributed by atoms with Crippen LogP contribution in [0.1, 0.15) is 44.0 Å². The Balaban J connectivity index is 1.63. The highest BCUT2D eigenvalue weighted by Crippen LogP contribution is 2.25. The number of rotatable bonds is 5. The highest BCUT2D eigenvalue weighted by molar-refractivity contribution is 6.30. The molecule has 1 aliphatic heterocycles. The standard InChI is InChI=1S/C26H31ClN6O5/c1-25(2,3)38-24(37)32-11-9-26(16-34,10-12-32)29-22(35)20-13-21(17-5-7-18(27)8-6-17)30-33(23(20)36)19-14-28-31(4)15-19/h5-8,13-15,34H,9-12,16H2,1-4H3,(H,29,35). The van der Waals surface area contributed by atoms with E-state index in [9.17, 15) is 19.5 Å². The number of benzene rings is 1. The molecule has 3 heterocycles. The first-order valence-corrected chi connectivity index (χ1v) is 12.6. The van der Waals surface area contributed by atoms with E-state index in [2.05, 4.69) is 15.5 Å². The maximum absolute atomic E-state index is 13.5. The van der Waals surface area contributed by atoms with Crippen LogP contribution in [0, 0.1) is 0 Å². The van der Waals surface area contributed by atoms with Gasteiger partial charge in [0.1, 0.15) is 16.9 Å². The summed E-state index contributed by atoms with van der Waals surface area (Å²) in [5, 5.41) is 22.2. The molecule has 1 aliphatic rings. The second-order valence-corrected chi connectivity index (χ2v) is 10.8. The minimum absolute atomic E-state index is 0.142. The lowest BCUT2D eigenvalue weighted by Crippen LogP contribution is -2.59. The van der Waals surface area contributed by atoms with Crippen molar-refractivity contribution in [1.82, 2.24) is 29.8 Å². The Morgan fingerprint density at radius 1 is 1.18 bits per heavy atom. The van der Waals surface area contributed by atoms with Gasteiger partial charge in [0.25, 0.3) is 11.5 Å². The van der Waals surface area contributed by atoms with Gasteiger partial charge in [-0.15, -0.1) is 0 Å². The Hall–Kier alpha value is -3.70. The summed E-state index contributed by atoms with van der Waals surface area (Å²) >= 11 is 6.03. The zero-order chi connectivity index (χ0) is 27.7. The van der Waals surface area contributed by atoms with Crippen molar-refractivity contribution in [2.24, 2.45) is 7.05 Å². The van der Waals surface area contributed by atoms with Crippen LogP contribution < -0.4 is 10.9 Å². The van der Waals surface area contributed by atoms with Crippen LogP contribution in [0.3, 0.4) is 0 Å². The third-order valence-electron chi connectivity index (χ3n) is 6.29. The number of carbonyl (C=O) groups excluding carboxylic acids is 2. The number of aliphatic hydroxyl groups excluding tert-OH is 1. The summed E-state index contributed by atoms with van der Waals surface area (Å²) in [7, 11) is 1.71. The molecule has 2 amide bonds. The lowest BCUT2D eigenvalue weighted by molar-refractivity contribution is 0.00968. The zero-order valence-electron chi connectivity index (χ0n) is 21.8. The number of ether oxygens (including phenoxy) is 1. The Kier molecular flexibility index (Phi) is 7.61. The van der Waals surface area contributed by atoms with E-state index in [0.29, 0.717) is 34.8 Å². The van der Waals surface area contributed by atoms with Crippen molar-refractivity contribution in [3.63, 3.8) is 0 Å². The molecule has 1 fully saturated rings. The van der Waals surface area contributed by atoms with Gasteiger partial charge in [-0.25, -0.2) is 4.79 Å². The van der Waals surface area contributed by atoms with E-state index >= 15 is 0 Å². The van der Waals surface area contributed by atoms with Gasteiger partial charge < -0.3 is 20.1 Å². The average molecular weight is 543 g/mol. The first kappa shape index (κ1) is 27.3. The quantitative estimate of drug-likeness (QED) is 0.506. The van der Waals surface area contributed by atoms with Crippen LogP contribution in [0.2, 0.25) is 5.02 Å². The van der Waals surface area contributed by atoms with E-state index in [1.54, 1.807) is 63.2 Å². The fourth-order valence-corrected chi connectivity index (χ4v) is 4.31. The first-order chi connectivity index (χ1) is 17.9. The molecule has 12 heteroatoms. The summed E-state index contributed by atoms with van der Waals surface area (Å²) in [5.74, 6) is -0.648. The smallest absolute Gasteiger partial charge is 0.410 e. The van der Waals surface area contributed by atoms with Crippen LogP contribution in [0.15, 0.2) is 47.5 Å². The molecular weight excluding hydrogens is 512 g/mol. The third kappa shape index (κ3) is 6.05. The van der Waals surface area contributed by atoms with Crippen molar-refractivity contribution >= 4 is 23.6 Å². The van der Waals surface area contributed by atoms with Gasteiger partial charge in [0.05, 0.1) is 30.2 Å². The maximum atomic E-state index is 13.5. The third-order valence-corrected chi connectivity index (χ3v) is 6.54. The van der Waals surface area contributed by atoms with Gasteiger partial charge in [0, 0.05) is 30.7 Å². The highest BCUT2D eigenvalue weighted by Gasteiger charge is 2.38. The molecule has 0 radical (unpaired) electrons. The summed E-state index contributed by atoms with van der Waals surface area (Å²) in [5.41, 5.74) is -0.982. The van der Waals surface area contributed by atoms with Crippen LogP contribution >= 0.6 is 11.6 Å². The van der Waals surface area contributed by atoms with E-state index in [0.717, 1.165) is 4.68 Å². The summed E-state index contributed by atoms with van der Waals surface area (Å²) in [6, 6.07) is 8.29. The number of aryl methyl sites for hydroxylation is 1. The number of piperidine rings is 1. The molecule has 0 unspecified atom stereocenters. The molecule has 0 saturated carbocycles. The Bertz CT molecular complexity index is 1380. The Morgan fingerprint density at radius 3 is 2.39 bits per heavy atom. The molecule has 38 heavy (non-hydrogen) atoms. The number of halogens is 1. The van der Waals surface area contributed by atoms with Gasteiger partial charge in [-0.05, 0) is 51.8 Å². The Morgan fingerprint density at radius 2 is 1.84 bits per heavy atom. The summed E-state index contributed by atoms with van der Waals surface area (Å²) < 4.78 is 8.09. The van der Waals surface area contributed by atoms with E-state index in [-0.39, 0.29) is 25.3 Å². The number of hydrogen-bond donors (Lipinski definition) is 2. The van der Waals surface area contributed by atoms with Gasteiger partial charge in [0.2, 0.25) is 0 Å². The van der Waals surface area contributed by atoms with Crippen LogP contribution in [-0.2, 0) is 11.8 Å².